The summed E-state index contributed by atoms with van der Waals surface area (Å²) >= 11 is 0. The van der Waals surface area contributed by atoms with E-state index in [1.54, 1.807) is 6.33 Å². The van der Waals surface area contributed by atoms with Crippen molar-refractivity contribution in [2.45, 2.75) is 132 Å². The molecule has 3 aliphatic rings. The van der Waals surface area contributed by atoms with Gasteiger partial charge in [-0.05, 0) is 115 Å². The molecule has 20 rings (SSSR count). The van der Waals surface area contributed by atoms with Gasteiger partial charge >= 0.3 is 60.3 Å². The Kier molecular flexibility index (Phi) is 34.8. The molecule has 9 heterocycles. The fourth-order valence-corrected chi connectivity index (χ4v) is 16.3. The fourth-order valence-electron chi connectivity index (χ4n) is 16.3. The van der Waals surface area contributed by atoms with Crippen LogP contribution in [0.3, 0.4) is 0 Å². The van der Waals surface area contributed by atoms with E-state index < -0.39 is 0 Å². The van der Waals surface area contributed by atoms with Gasteiger partial charge in [-0.3, -0.25) is 15.0 Å². The molecule has 0 fully saturated rings. The van der Waals surface area contributed by atoms with Crippen LogP contribution in [0.2, 0.25) is 0 Å². The third kappa shape index (κ3) is 22.7. The first-order valence-electron chi connectivity index (χ1n) is 44.7. The Bertz CT molecular complexity index is 6200. The number of rotatable bonds is 17. The predicted octanol–water partition coefficient (Wildman–Crippen LogP) is 26.7. The van der Waals surface area contributed by atoms with Crippen LogP contribution in [0, 0.1) is 70.3 Å². The molecule has 17 aromatic rings. The Labute approximate surface area is 832 Å². The zero-order chi connectivity index (χ0) is 91.8. The molecule has 0 saturated heterocycles. The smallest absolute Gasteiger partial charge is 0.501 e. The van der Waals surface area contributed by atoms with Gasteiger partial charge in [-0.15, -0.1) is 125 Å². The molecule has 11 aromatic carbocycles. The number of aryl methyl sites for hydroxylation is 2. The second-order valence-corrected chi connectivity index (χ2v) is 34.2. The van der Waals surface area contributed by atoms with Crippen LogP contribution in [0.5, 0.6) is 0 Å². The standard InChI is InChI=1S/3C21H23N2.2C19H16N4.C12H10N4.3Ir/c3*1-15(2)18-11-8-12-19(16(3)4)20(18)23-14-13-22-21(23)17-9-6-5-7-10-17;1-14-8-6-7-11-16(14)18-20-12-17-19(21-18)22(2)13-23(17)15-9-4-3-5-10-15;1-14-8-6-7-11-16(14)18-20-12-17-19(21-18)23(13-22(17)2)15-9-4-3-5-10-15;1-15-9-16(10-5-3-2-4-6-10)11-7-13-8-14-12(11)15;;;/h3*5-9,11-16H,1-4H3;2*3-9,11-13H,1-2H3;2-5,7-9H,1H3;;;/q3*-1;3*-2;3*+3. The van der Waals surface area contributed by atoms with Gasteiger partial charge in [0.25, 0.3) is 0 Å². The molecule has 21 heteroatoms. The van der Waals surface area contributed by atoms with E-state index in [1.807, 2.05) is 254 Å². The summed E-state index contributed by atoms with van der Waals surface area (Å²) < 4.78 is 6.66. The van der Waals surface area contributed by atoms with E-state index in [-0.39, 0.29) is 60.3 Å². The molecule has 0 spiro atoms. The molecule has 134 heavy (non-hydrogen) atoms. The van der Waals surface area contributed by atoms with E-state index in [4.69, 9.17) is 9.97 Å². The Morgan fingerprint density at radius 3 is 0.925 bits per heavy atom. The Morgan fingerprint density at radius 1 is 0.284 bits per heavy atom. The summed E-state index contributed by atoms with van der Waals surface area (Å²) in [6, 6.07) is 103. The van der Waals surface area contributed by atoms with Crippen LogP contribution in [-0.2, 0) is 60.3 Å². The number of nitrogens with zero attached hydrogens (tertiary/aromatic N) is 18. The van der Waals surface area contributed by atoms with E-state index in [9.17, 15) is 0 Å². The number of fused-ring (bicyclic) bond motifs is 3. The van der Waals surface area contributed by atoms with Crippen LogP contribution in [0.1, 0.15) is 163 Å². The molecular formula is C113H111Ir3N18. The van der Waals surface area contributed by atoms with Gasteiger partial charge in [0, 0.05) is 65.4 Å². The van der Waals surface area contributed by atoms with Crippen molar-refractivity contribution in [2.24, 2.45) is 0 Å². The van der Waals surface area contributed by atoms with E-state index in [1.165, 1.54) is 61.6 Å². The molecule has 0 saturated carbocycles. The zero-order valence-electron chi connectivity index (χ0n) is 78.7. The minimum atomic E-state index is 0. The van der Waals surface area contributed by atoms with Gasteiger partial charge in [0.2, 0.25) is 0 Å². The van der Waals surface area contributed by atoms with Crippen molar-refractivity contribution in [1.82, 2.24) is 58.6 Å². The van der Waals surface area contributed by atoms with Crippen LogP contribution in [0.15, 0.2) is 311 Å². The summed E-state index contributed by atoms with van der Waals surface area (Å²) in [5.74, 6) is 9.76. The minimum Gasteiger partial charge on any atom is -0.501 e. The molecule has 0 radical (unpaired) electrons. The van der Waals surface area contributed by atoms with Crippen molar-refractivity contribution in [3.63, 3.8) is 0 Å². The molecule has 0 N–H and O–H groups in total. The van der Waals surface area contributed by atoms with Crippen molar-refractivity contribution in [2.75, 3.05) is 50.5 Å². The molecular weight excluding hydrogens is 2190 g/mol. The Morgan fingerprint density at radius 2 is 0.590 bits per heavy atom. The van der Waals surface area contributed by atoms with Crippen molar-refractivity contribution in [3.05, 3.63) is 412 Å². The number of anilines is 9. The summed E-state index contributed by atoms with van der Waals surface area (Å²) in [7, 11) is 5.96. The van der Waals surface area contributed by atoms with Gasteiger partial charge in [-0.25, -0.2) is 29.9 Å². The molecule has 3 aliphatic heterocycles. The zero-order valence-corrected chi connectivity index (χ0v) is 85.9. The first-order valence-corrected chi connectivity index (χ1v) is 44.7. The maximum absolute atomic E-state index is 4.81. The summed E-state index contributed by atoms with van der Waals surface area (Å²) in [5, 5.41) is 0. The van der Waals surface area contributed by atoms with E-state index in [2.05, 4.69) is 302 Å². The van der Waals surface area contributed by atoms with Crippen LogP contribution in [0.25, 0.3) is 74.0 Å². The summed E-state index contributed by atoms with van der Waals surface area (Å²) in [4.78, 5) is 52.9. The van der Waals surface area contributed by atoms with E-state index in [0.717, 1.165) is 109 Å². The van der Waals surface area contributed by atoms with Gasteiger partial charge in [-0.2, -0.15) is 111 Å². The van der Waals surface area contributed by atoms with Crippen molar-refractivity contribution < 1.29 is 60.3 Å². The number of hydrogen-bond donors (Lipinski definition) is 0. The van der Waals surface area contributed by atoms with Crippen LogP contribution >= 0.6 is 0 Å². The molecule has 6 aromatic heterocycles. The number of aromatic nitrogens is 12. The first-order chi connectivity index (χ1) is 63.6. The number of hydrogen-bond acceptors (Lipinski definition) is 15. The quantitative estimate of drug-likeness (QED) is 0.0795. The first kappa shape index (κ1) is 100. The van der Waals surface area contributed by atoms with E-state index in [0.29, 0.717) is 35.5 Å². The van der Waals surface area contributed by atoms with Gasteiger partial charge in [0.1, 0.15) is 23.8 Å². The summed E-state index contributed by atoms with van der Waals surface area (Å²) in [6.07, 6.45) is 18.9. The minimum absolute atomic E-state index is 0. The maximum atomic E-state index is 4.81. The average Bonchev–Trinajstić information content (AvgIpc) is 1.68. The van der Waals surface area contributed by atoms with E-state index >= 15 is 0 Å². The molecule has 680 valence electrons. The topological polar surface area (TPSA) is 150 Å². The Hall–Kier alpha value is -13.0. The molecule has 0 amide bonds. The molecule has 0 bridgehead atoms. The molecule has 0 atom stereocenters. The van der Waals surface area contributed by atoms with Gasteiger partial charge in [-0.1, -0.05) is 186 Å². The fraction of sp³-hybridized carbons (Fsp3) is 0.204. The number of benzene rings is 11. The van der Waals surface area contributed by atoms with Crippen molar-refractivity contribution >= 4 is 51.6 Å². The third-order valence-corrected chi connectivity index (χ3v) is 23.0. The largest absolute Gasteiger partial charge is 3.00 e. The second-order valence-electron chi connectivity index (χ2n) is 34.2. The summed E-state index contributed by atoms with van der Waals surface area (Å²) in [5.41, 5.74) is 25.3. The van der Waals surface area contributed by atoms with Gasteiger partial charge in [0.15, 0.2) is 11.6 Å². The average molecular weight is 2300 g/mol. The molecule has 0 unspecified atom stereocenters. The normalized spacial score (nSPS) is 12.1. The SMILES string of the molecule is CC(C)c1cccc(C(C)C)c1-n1ccnc1-c1[c-]cccc1.CC(C)c1cccc(C(C)C)c1-n1ccnc1-c1[c-]cccc1.CC(C)c1cccc(C(C)C)c1-n1ccnc1-c1[c-]cccc1.CN1[CH-]N(c2[c-]cccc2)c2cncnc21.Cc1ccccc1-c1ncc2c(n1)N(C)[CH-]N2c1[c-]cccc1.Cc1ccccc1-c1ncc2c(n1)N(c1[c-]cccc1)[CH-]N2C.[Ir+3].[Ir+3].[Ir+3]. The van der Waals surface area contributed by atoms with Gasteiger partial charge < -0.3 is 43.1 Å². The molecule has 18 nitrogen and oxygen atoms in total. The number of imidazole rings is 3. The Balaban J connectivity index is 0.000000145. The van der Waals surface area contributed by atoms with Crippen LogP contribution in [-0.4, -0.2) is 79.7 Å². The predicted molar refractivity (Wildman–Crippen MR) is 535 cm³/mol. The van der Waals surface area contributed by atoms with Crippen LogP contribution < -0.4 is 29.4 Å². The van der Waals surface area contributed by atoms with Crippen molar-refractivity contribution in [3.8, 4) is 74.0 Å². The number of para-hydroxylation sites is 6. The summed E-state index contributed by atoms with van der Waals surface area (Å²) in [6.45, 7) is 37.1. The van der Waals surface area contributed by atoms with Gasteiger partial charge in [0.05, 0.1) is 53.1 Å². The van der Waals surface area contributed by atoms with Crippen LogP contribution in [0.4, 0.5) is 51.6 Å². The monoisotopic (exact) mass is 2300 g/mol. The third-order valence-electron chi connectivity index (χ3n) is 23.0. The maximum Gasteiger partial charge on any atom is 3.00 e. The molecule has 0 aliphatic carbocycles. The second kappa shape index (κ2) is 46.6. The van der Waals surface area contributed by atoms with Crippen molar-refractivity contribution in [1.29, 1.82) is 0 Å².